The third-order valence-electron chi connectivity index (χ3n) is 3.61. The van der Waals surface area contributed by atoms with Gasteiger partial charge in [-0.2, -0.15) is 5.26 Å². The highest BCUT2D eigenvalue weighted by Gasteiger charge is 2.14. The van der Waals surface area contributed by atoms with Crippen molar-refractivity contribution in [2.45, 2.75) is 0 Å². The fourth-order valence-corrected chi connectivity index (χ4v) is 2.40. The largest absolute Gasteiger partial charge is 0.497 e. The van der Waals surface area contributed by atoms with E-state index < -0.39 is 0 Å². The van der Waals surface area contributed by atoms with E-state index in [1.807, 2.05) is 6.07 Å². The molecular formula is C18H13NO4. The second-order valence-electron chi connectivity index (χ2n) is 4.87. The normalized spacial score (nSPS) is 10.3. The van der Waals surface area contributed by atoms with E-state index in [-0.39, 0.29) is 16.4 Å². The van der Waals surface area contributed by atoms with Crippen LogP contribution in [0.1, 0.15) is 5.56 Å². The third kappa shape index (κ3) is 2.51. The number of fused-ring (bicyclic) bond motifs is 1. The summed E-state index contributed by atoms with van der Waals surface area (Å²) in [5.41, 5.74) is 1.38. The molecule has 0 saturated heterocycles. The van der Waals surface area contributed by atoms with Crippen molar-refractivity contribution in [3.63, 3.8) is 0 Å². The first kappa shape index (κ1) is 14.7. The molecule has 0 unspecified atom stereocenters. The summed E-state index contributed by atoms with van der Waals surface area (Å²) in [6.45, 7) is 0. The van der Waals surface area contributed by atoms with Gasteiger partial charge in [0.1, 0.15) is 29.4 Å². The van der Waals surface area contributed by atoms with Gasteiger partial charge in [-0.15, -0.1) is 0 Å². The van der Waals surface area contributed by atoms with Crippen LogP contribution in [0.4, 0.5) is 0 Å². The first-order chi connectivity index (χ1) is 11.2. The van der Waals surface area contributed by atoms with Crippen LogP contribution in [0, 0.1) is 11.3 Å². The summed E-state index contributed by atoms with van der Waals surface area (Å²) in [5, 5.41) is 9.56. The molecule has 0 N–H and O–H groups in total. The van der Waals surface area contributed by atoms with Crippen LogP contribution in [0.25, 0.3) is 22.1 Å². The van der Waals surface area contributed by atoms with Crippen LogP contribution in [-0.2, 0) is 0 Å². The maximum absolute atomic E-state index is 12.8. The number of nitrogens with zero attached hydrogens (tertiary/aromatic N) is 1. The van der Waals surface area contributed by atoms with Crippen molar-refractivity contribution in [3.05, 3.63) is 58.4 Å². The minimum absolute atomic E-state index is 0.225. The van der Waals surface area contributed by atoms with Crippen LogP contribution < -0.4 is 14.9 Å². The highest BCUT2D eigenvalue weighted by Crippen LogP contribution is 2.26. The molecule has 0 bridgehead atoms. The van der Waals surface area contributed by atoms with Gasteiger partial charge in [-0.1, -0.05) is 12.1 Å². The summed E-state index contributed by atoms with van der Waals surface area (Å²) in [7, 11) is 3.07. The van der Waals surface area contributed by atoms with Crippen molar-refractivity contribution in [2.24, 2.45) is 0 Å². The van der Waals surface area contributed by atoms with Gasteiger partial charge in [0.15, 0.2) is 0 Å². The molecule has 0 aliphatic rings. The number of benzene rings is 2. The number of nitriles is 1. The van der Waals surface area contributed by atoms with Gasteiger partial charge in [0, 0.05) is 6.07 Å². The van der Waals surface area contributed by atoms with Gasteiger partial charge in [0.05, 0.1) is 30.7 Å². The second kappa shape index (κ2) is 5.85. The van der Waals surface area contributed by atoms with Crippen molar-refractivity contribution in [1.82, 2.24) is 0 Å². The molecule has 0 atom stereocenters. The minimum atomic E-state index is -0.254. The topological polar surface area (TPSA) is 72.5 Å². The highest BCUT2D eigenvalue weighted by atomic mass is 16.5. The zero-order valence-corrected chi connectivity index (χ0v) is 12.6. The number of ether oxygens (including phenoxy) is 2. The van der Waals surface area contributed by atoms with E-state index in [0.29, 0.717) is 28.2 Å². The maximum atomic E-state index is 12.8. The van der Waals surface area contributed by atoms with Crippen LogP contribution in [0.5, 0.6) is 11.5 Å². The summed E-state index contributed by atoms with van der Waals surface area (Å²) < 4.78 is 15.8. The van der Waals surface area contributed by atoms with Gasteiger partial charge in [-0.25, -0.2) is 0 Å². The smallest absolute Gasteiger partial charge is 0.201 e. The zero-order chi connectivity index (χ0) is 16.4. The summed E-state index contributed by atoms with van der Waals surface area (Å²) in [4.78, 5) is 12.8. The molecule has 3 aromatic rings. The first-order valence-electron chi connectivity index (χ1n) is 6.86. The molecule has 1 heterocycles. The van der Waals surface area contributed by atoms with E-state index in [9.17, 15) is 10.1 Å². The molecule has 0 fully saturated rings. The van der Waals surface area contributed by atoms with Gasteiger partial charge in [0.2, 0.25) is 5.43 Å². The van der Waals surface area contributed by atoms with Crippen molar-refractivity contribution in [3.8, 4) is 28.7 Å². The molecule has 5 heteroatoms. The molecule has 0 radical (unpaired) electrons. The quantitative estimate of drug-likeness (QED) is 0.742. The van der Waals surface area contributed by atoms with E-state index in [2.05, 4.69) is 0 Å². The first-order valence-corrected chi connectivity index (χ1v) is 6.86. The van der Waals surface area contributed by atoms with Crippen molar-refractivity contribution in [2.75, 3.05) is 14.2 Å². The molecule has 1 aromatic heterocycles. The van der Waals surface area contributed by atoms with E-state index in [1.165, 1.54) is 19.4 Å². The summed E-state index contributed by atoms with van der Waals surface area (Å²) in [6.07, 6.45) is 1.40. The molecule has 3 rings (SSSR count). The minimum Gasteiger partial charge on any atom is -0.497 e. The fourth-order valence-electron chi connectivity index (χ4n) is 2.40. The lowest BCUT2D eigenvalue weighted by molar-refractivity contribution is 0.414. The predicted octanol–water partition coefficient (Wildman–Crippen LogP) is 3.35. The molecule has 5 nitrogen and oxygen atoms in total. The SMILES string of the molecule is COc1ccc(-c2coc3cc(OC)cc(C#N)c3c2=O)cc1. The van der Waals surface area contributed by atoms with Crippen molar-refractivity contribution >= 4 is 11.0 Å². The standard InChI is InChI=1S/C18H13NO4/c1-21-13-5-3-11(4-6-13)15-10-23-16-8-14(22-2)7-12(9-19)17(16)18(15)20/h3-8,10H,1-2H3. The molecule has 2 aromatic carbocycles. The lowest BCUT2D eigenvalue weighted by Crippen LogP contribution is -2.07. The third-order valence-corrected chi connectivity index (χ3v) is 3.61. The summed E-state index contributed by atoms with van der Waals surface area (Å²) in [5.74, 6) is 1.16. The van der Waals surface area contributed by atoms with Crippen LogP contribution in [-0.4, -0.2) is 14.2 Å². The second-order valence-corrected chi connectivity index (χ2v) is 4.87. The average molecular weight is 307 g/mol. The van der Waals surface area contributed by atoms with Gasteiger partial charge >= 0.3 is 0 Å². The van der Waals surface area contributed by atoms with E-state index in [1.54, 1.807) is 37.4 Å². The highest BCUT2D eigenvalue weighted by molar-refractivity contribution is 5.87. The number of methoxy groups -OCH3 is 2. The molecule has 23 heavy (non-hydrogen) atoms. The Hall–Kier alpha value is -3.26. The van der Waals surface area contributed by atoms with Crippen LogP contribution in [0.3, 0.4) is 0 Å². The van der Waals surface area contributed by atoms with Crippen LogP contribution >= 0.6 is 0 Å². The van der Waals surface area contributed by atoms with E-state index >= 15 is 0 Å². The Morgan fingerprint density at radius 3 is 2.35 bits per heavy atom. The van der Waals surface area contributed by atoms with Crippen LogP contribution in [0.15, 0.2) is 51.9 Å². The Labute approximate surface area is 132 Å². The van der Waals surface area contributed by atoms with E-state index in [4.69, 9.17) is 13.9 Å². The molecule has 0 aliphatic heterocycles. The van der Waals surface area contributed by atoms with Gasteiger partial charge < -0.3 is 13.9 Å². The fraction of sp³-hybridized carbons (Fsp3) is 0.111. The molecule has 0 saturated carbocycles. The maximum Gasteiger partial charge on any atom is 0.201 e. The van der Waals surface area contributed by atoms with Gasteiger partial charge in [-0.3, -0.25) is 4.79 Å². The van der Waals surface area contributed by atoms with E-state index in [0.717, 1.165) is 0 Å². The van der Waals surface area contributed by atoms with Crippen molar-refractivity contribution in [1.29, 1.82) is 5.26 Å². The molecule has 0 aliphatic carbocycles. The monoisotopic (exact) mass is 307 g/mol. The number of hydrogen-bond donors (Lipinski definition) is 0. The van der Waals surface area contributed by atoms with Crippen molar-refractivity contribution < 1.29 is 13.9 Å². The average Bonchev–Trinajstić information content (AvgIpc) is 2.61. The number of rotatable bonds is 3. The Morgan fingerprint density at radius 1 is 1.04 bits per heavy atom. The summed E-state index contributed by atoms with van der Waals surface area (Å²) in [6, 6.07) is 12.2. The van der Waals surface area contributed by atoms with Crippen LogP contribution in [0.2, 0.25) is 0 Å². The Balaban J connectivity index is 2.26. The predicted molar refractivity (Wildman–Crippen MR) is 85.7 cm³/mol. The summed E-state index contributed by atoms with van der Waals surface area (Å²) >= 11 is 0. The van der Waals surface area contributed by atoms with Gasteiger partial charge in [-0.05, 0) is 23.8 Å². The molecule has 0 amide bonds. The lowest BCUT2D eigenvalue weighted by atomic mass is 10.0. The zero-order valence-electron chi connectivity index (χ0n) is 12.6. The lowest BCUT2D eigenvalue weighted by Gasteiger charge is -2.07. The molecule has 0 spiro atoms. The molecule has 114 valence electrons. The number of hydrogen-bond acceptors (Lipinski definition) is 5. The Bertz CT molecular complexity index is 965. The Kier molecular flexibility index (Phi) is 3.73. The van der Waals surface area contributed by atoms with Gasteiger partial charge in [0.25, 0.3) is 0 Å². The molecular weight excluding hydrogens is 294 g/mol. The Morgan fingerprint density at radius 2 is 1.74 bits per heavy atom.